The second-order valence-corrected chi connectivity index (χ2v) is 5.81. The molecule has 2 N–H and O–H groups in total. The number of benzene rings is 1. The fraction of sp³-hybridized carbons (Fsp3) is 0.600. The molecule has 1 aliphatic carbocycles. The van der Waals surface area contributed by atoms with Crippen LogP contribution in [0, 0.1) is 5.41 Å². The van der Waals surface area contributed by atoms with Gasteiger partial charge in [0.1, 0.15) is 0 Å². The zero-order chi connectivity index (χ0) is 12.5. The molecule has 0 heterocycles. The molecule has 0 aromatic heterocycles. The van der Waals surface area contributed by atoms with Gasteiger partial charge in [0.25, 0.3) is 0 Å². The highest BCUT2D eigenvalue weighted by atomic mass is 15.1. The average Bonchev–Trinajstić information content (AvgIpc) is 3.09. The minimum absolute atomic E-state index is 0.408. The molecule has 2 heteroatoms. The van der Waals surface area contributed by atoms with Crippen LogP contribution in [0.3, 0.4) is 0 Å². The van der Waals surface area contributed by atoms with Gasteiger partial charge in [-0.3, -0.25) is 0 Å². The highest BCUT2D eigenvalue weighted by molar-refractivity contribution is 5.47. The van der Waals surface area contributed by atoms with E-state index in [1.807, 2.05) is 0 Å². The van der Waals surface area contributed by atoms with E-state index in [4.69, 9.17) is 5.73 Å². The summed E-state index contributed by atoms with van der Waals surface area (Å²) in [6.45, 7) is 6.37. The molecule has 0 spiro atoms. The van der Waals surface area contributed by atoms with Gasteiger partial charge in [0, 0.05) is 24.7 Å². The van der Waals surface area contributed by atoms with Crippen LogP contribution in [0.4, 0.5) is 5.69 Å². The number of nitrogens with two attached hydrogens (primary N) is 1. The molecule has 17 heavy (non-hydrogen) atoms. The lowest BCUT2D eigenvalue weighted by Gasteiger charge is -2.25. The third-order valence-corrected chi connectivity index (χ3v) is 3.96. The SMILES string of the molecule is CC(C)c1ccc(N(C)CC2(CN)CC2)cc1. The van der Waals surface area contributed by atoms with Crippen LogP contribution < -0.4 is 10.6 Å². The van der Waals surface area contributed by atoms with Crippen molar-refractivity contribution < 1.29 is 0 Å². The van der Waals surface area contributed by atoms with E-state index in [0.29, 0.717) is 11.3 Å². The Morgan fingerprint density at radius 2 is 1.82 bits per heavy atom. The second-order valence-electron chi connectivity index (χ2n) is 5.81. The maximum Gasteiger partial charge on any atom is 0.0363 e. The van der Waals surface area contributed by atoms with Gasteiger partial charge in [-0.2, -0.15) is 0 Å². The van der Waals surface area contributed by atoms with Gasteiger partial charge in [-0.25, -0.2) is 0 Å². The van der Waals surface area contributed by atoms with Crippen LogP contribution >= 0.6 is 0 Å². The van der Waals surface area contributed by atoms with Crippen LogP contribution in [0.25, 0.3) is 0 Å². The molecule has 94 valence electrons. The van der Waals surface area contributed by atoms with Crippen LogP contribution in [0.2, 0.25) is 0 Å². The molecule has 0 unspecified atom stereocenters. The molecule has 0 aliphatic heterocycles. The Balaban J connectivity index is 2.01. The van der Waals surface area contributed by atoms with E-state index in [0.717, 1.165) is 13.1 Å². The van der Waals surface area contributed by atoms with Crippen molar-refractivity contribution in [2.24, 2.45) is 11.1 Å². The summed E-state index contributed by atoms with van der Waals surface area (Å²) >= 11 is 0. The molecule has 2 rings (SSSR count). The number of nitrogens with zero attached hydrogens (tertiary/aromatic N) is 1. The summed E-state index contributed by atoms with van der Waals surface area (Å²) in [7, 11) is 2.17. The topological polar surface area (TPSA) is 29.3 Å². The van der Waals surface area contributed by atoms with Gasteiger partial charge < -0.3 is 10.6 Å². The predicted octanol–water partition coefficient (Wildman–Crippen LogP) is 2.99. The van der Waals surface area contributed by atoms with Crippen molar-refractivity contribution >= 4 is 5.69 Å². The van der Waals surface area contributed by atoms with Gasteiger partial charge in [-0.15, -0.1) is 0 Å². The van der Waals surface area contributed by atoms with E-state index in [1.165, 1.54) is 24.1 Å². The first-order chi connectivity index (χ1) is 8.06. The second kappa shape index (κ2) is 4.69. The smallest absolute Gasteiger partial charge is 0.0363 e. The summed E-state index contributed by atoms with van der Waals surface area (Å²) in [5.74, 6) is 0.605. The van der Waals surface area contributed by atoms with E-state index in [1.54, 1.807) is 0 Å². The van der Waals surface area contributed by atoms with Crippen molar-refractivity contribution in [1.29, 1.82) is 0 Å². The Morgan fingerprint density at radius 3 is 2.24 bits per heavy atom. The Hall–Kier alpha value is -1.02. The molecule has 0 radical (unpaired) electrons. The number of hydrogen-bond acceptors (Lipinski definition) is 2. The maximum absolute atomic E-state index is 5.83. The van der Waals surface area contributed by atoms with E-state index >= 15 is 0 Å². The third-order valence-electron chi connectivity index (χ3n) is 3.96. The first-order valence-corrected chi connectivity index (χ1v) is 6.57. The van der Waals surface area contributed by atoms with Crippen LogP contribution in [0.5, 0.6) is 0 Å². The number of rotatable bonds is 5. The quantitative estimate of drug-likeness (QED) is 0.845. The summed E-state index contributed by atoms with van der Waals surface area (Å²) in [6, 6.07) is 8.92. The minimum Gasteiger partial charge on any atom is -0.374 e. The van der Waals surface area contributed by atoms with Crippen molar-refractivity contribution in [2.45, 2.75) is 32.6 Å². The fourth-order valence-electron chi connectivity index (χ4n) is 2.31. The van der Waals surface area contributed by atoms with Crippen LogP contribution in [-0.4, -0.2) is 20.1 Å². The van der Waals surface area contributed by atoms with Crippen LogP contribution in [0.1, 0.15) is 38.2 Å². The van der Waals surface area contributed by atoms with Crippen LogP contribution in [-0.2, 0) is 0 Å². The Morgan fingerprint density at radius 1 is 1.24 bits per heavy atom. The van der Waals surface area contributed by atoms with E-state index in [-0.39, 0.29) is 0 Å². The molecule has 2 nitrogen and oxygen atoms in total. The summed E-state index contributed by atoms with van der Waals surface area (Å²) < 4.78 is 0. The summed E-state index contributed by atoms with van der Waals surface area (Å²) in [6.07, 6.45) is 2.58. The highest BCUT2D eigenvalue weighted by Gasteiger charge is 2.41. The van der Waals surface area contributed by atoms with E-state index < -0.39 is 0 Å². The lowest BCUT2D eigenvalue weighted by molar-refractivity contribution is 0.523. The van der Waals surface area contributed by atoms with Gasteiger partial charge in [0.05, 0.1) is 0 Å². The maximum atomic E-state index is 5.83. The molecular formula is C15H24N2. The van der Waals surface area contributed by atoms with Gasteiger partial charge in [-0.05, 0) is 43.0 Å². The van der Waals surface area contributed by atoms with Crippen LogP contribution in [0.15, 0.2) is 24.3 Å². The summed E-state index contributed by atoms with van der Waals surface area (Å²) in [5, 5.41) is 0. The molecule has 0 atom stereocenters. The lowest BCUT2D eigenvalue weighted by Crippen LogP contribution is -2.31. The van der Waals surface area contributed by atoms with Crippen molar-refractivity contribution in [1.82, 2.24) is 0 Å². The molecule has 0 amide bonds. The molecule has 1 aromatic rings. The normalized spacial score (nSPS) is 17.2. The minimum atomic E-state index is 0.408. The third kappa shape index (κ3) is 2.81. The zero-order valence-electron chi connectivity index (χ0n) is 11.2. The molecule has 1 fully saturated rings. The Labute approximate surface area is 105 Å². The van der Waals surface area contributed by atoms with Gasteiger partial charge in [0.15, 0.2) is 0 Å². The standard InChI is InChI=1S/C15H24N2/c1-12(2)13-4-6-14(7-5-13)17(3)11-15(10-16)8-9-15/h4-7,12H,8-11,16H2,1-3H3. The average molecular weight is 232 g/mol. The molecule has 0 bridgehead atoms. The van der Waals surface area contributed by atoms with Crippen molar-refractivity contribution in [3.05, 3.63) is 29.8 Å². The fourth-order valence-corrected chi connectivity index (χ4v) is 2.31. The van der Waals surface area contributed by atoms with Gasteiger partial charge in [-0.1, -0.05) is 26.0 Å². The summed E-state index contributed by atoms with van der Waals surface area (Å²) in [4.78, 5) is 2.34. The van der Waals surface area contributed by atoms with Crippen molar-refractivity contribution in [3.8, 4) is 0 Å². The Bertz CT molecular complexity index is 363. The first-order valence-electron chi connectivity index (χ1n) is 6.57. The predicted molar refractivity (Wildman–Crippen MR) is 74.5 cm³/mol. The number of hydrogen-bond donors (Lipinski definition) is 1. The number of anilines is 1. The largest absolute Gasteiger partial charge is 0.374 e. The highest BCUT2D eigenvalue weighted by Crippen LogP contribution is 2.45. The van der Waals surface area contributed by atoms with E-state index in [9.17, 15) is 0 Å². The first kappa shape index (κ1) is 12.4. The van der Waals surface area contributed by atoms with Gasteiger partial charge in [0.2, 0.25) is 0 Å². The van der Waals surface area contributed by atoms with Crippen molar-refractivity contribution in [3.63, 3.8) is 0 Å². The van der Waals surface area contributed by atoms with E-state index in [2.05, 4.69) is 50.1 Å². The monoisotopic (exact) mass is 232 g/mol. The van der Waals surface area contributed by atoms with Gasteiger partial charge >= 0.3 is 0 Å². The molecule has 0 saturated heterocycles. The summed E-state index contributed by atoms with van der Waals surface area (Å²) in [5.41, 5.74) is 8.95. The Kier molecular flexibility index (Phi) is 3.43. The molecule has 1 saturated carbocycles. The molecular weight excluding hydrogens is 208 g/mol. The van der Waals surface area contributed by atoms with Crippen molar-refractivity contribution in [2.75, 3.05) is 25.0 Å². The molecule has 1 aromatic carbocycles. The molecule has 1 aliphatic rings. The lowest BCUT2D eigenvalue weighted by atomic mass is 10.0. The zero-order valence-corrected chi connectivity index (χ0v) is 11.2.